The maximum absolute atomic E-state index is 5.37. The van der Waals surface area contributed by atoms with Gasteiger partial charge in [0.05, 0.1) is 0 Å². The van der Waals surface area contributed by atoms with Gasteiger partial charge in [-0.25, -0.2) is 4.98 Å². The normalized spacial score (nSPS) is 14.2. The molecule has 2 heterocycles. The van der Waals surface area contributed by atoms with Gasteiger partial charge in [0.2, 0.25) is 0 Å². The molecule has 1 aromatic heterocycles. The van der Waals surface area contributed by atoms with Crippen LogP contribution in [0.4, 0.5) is 5.82 Å². The third kappa shape index (κ3) is 1.04. The number of aromatic nitrogens is 1. The fourth-order valence-electron chi connectivity index (χ4n) is 1.51. The van der Waals surface area contributed by atoms with Crippen molar-refractivity contribution in [2.45, 2.75) is 12.8 Å². The first-order valence-electron chi connectivity index (χ1n) is 4.10. The van der Waals surface area contributed by atoms with Gasteiger partial charge in [-0.15, -0.1) is 6.42 Å². The number of hydrogen-bond donors (Lipinski definition) is 1. The van der Waals surface area contributed by atoms with Crippen LogP contribution in [0.1, 0.15) is 17.5 Å². The molecule has 1 aromatic rings. The van der Waals surface area contributed by atoms with Crippen molar-refractivity contribution in [2.75, 3.05) is 11.9 Å². The molecule has 0 atom stereocenters. The highest BCUT2D eigenvalue weighted by Gasteiger charge is 2.11. The van der Waals surface area contributed by atoms with E-state index in [1.807, 2.05) is 6.07 Å². The van der Waals surface area contributed by atoms with E-state index in [-0.39, 0.29) is 0 Å². The standard InChI is InChI=1S/C10H10N2/c1-2-8-5-7-12-10-9(8)4-3-6-11-10/h1,5,7H,3-4,6H2,(H,11,12). The lowest BCUT2D eigenvalue weighted by molar-refractivity contribution is 0.815. The van der Waals surface area contributed by atoms with Crippen molar-refractivity contribution >= 4 is 5.82 Å². The molecule has 0 radical (unpaired) electrons. The largest absolute Gasteiger partial charge is 0.370 e. The molecule has 2 nitrogen and oxygen atoms in total. The molecular weight excluding hydrogens is 148 g/mol. The zero-order valence-corrected chi connectivity index (χ0v) is 6.80. The van der Waals surface area contributed by atoms with Crippen LogP contribution < -0.4 is 5.32 Å². The van der Waals surface area contributed by atoms with Crippen molar-refractivity contribution in [3.63, 3.8) is 0 Å². The molecule has 2 rings (SSSR count). The van der Waals surface area contributed by atoms with Crippen LogP contribution >= 0.6 is 0 Å². The van der Waals surface area contributed by atoms with Gasteiger partial charge in [-0.05, 0) is 18.9 Å². The number of anilines is 1. The van der Waals surface area contributed by atoms with Crippen LogP contribution in [-0.4, -0.2) is 11.5 Å². The predicted octanol–water partition coefficient (Wildman–Crippen LogP) is 1.42. The number of nitrogens with zero attached hydrogens (tertiary/aromatic N) is 1. The Morgan fingerprint density at radius 2 is 2.50 bits per heavy atom. The molecule has 0 amide bonds. The Hall–Kier alpha value is -1.49. The first-order valence-corrected chi connectivity index (χ1v) is 4.10. The van der Waals surface area contributed by atoms with Gasteiger partial charge in [-0.3, -0.25) is 0 Å². The molecule has 1 N–H and O–H groups in total. The van der Waals surface area contributed by atoms with E-state index >= 15 is 0 Å². The third-order valence-corrected chi connectivity index (χ3v) is 2.11. The highest BCUT2D eigenvalue weighted by Crippen LogP contribution is 2.21. The zero-order valence-electron chi connectivity index (χ0n) is 6.80. The summed E-state index contributed by atoms with van der Waals surface area (Å²) in [6.07, 6.45) is 9.32. The van der Waals surface area contributed by atoms with Gasteiger partial charge in [0, 0.05) is 23.9 Å². The van der Waals surface area contributed by atoms with Gasteiger partial charge >= 0.3 is 0 Å². The number of hydrogen-bond acceptors (Lipinski definition) is 2. The Kier molecular flexibility index (Phi) is 1.71. The fourth-order valence-corrected chi connectivity index (χ4v) is 1.51. The minimum absolute atomic E-state index is 0.969. The molecule has 0 fully saturated rings. The Labute approximate surface area is 72.0 Å². The SMILES string of the molecule is C#Cc1ccnc2c1CCCN2. The number of fused-ring (bicyclic) bond motifs is 1. The van der Waals surface area contributed by atoms with Crippen molar-refractivity contribution in [1.82, 2.24) is 4.98 Å². The van der Waals surface area contributed by atoms with Crippen LogP contribution in [-0.2, 0) is 6.42 Å². The van der Waals surface area contributed by atoms with Crippen LogP contribution in [0.3, 0.4) is 0 Å². The van der Waals surface area contributed by atoms with Gasteiger partial charge in [-0.1, -0.05) is 5.92 Å². The molecule has 0 saturated carbocycles. The lowest BCUT2D eigenvalue weighted by Crippen LogP contribution is -2.14. The van der Waals surface area contributed by atoms with Gasteiger partial charge in [-0.2, -0.15) is 0 Å². The van der Waals surface area contributed by atoms with Crippen molar-refractivity contribution in [3.8, 4) is 12.3 Å². The van der Waals surface area contributed by atoms with Crippen LogP contribution in [0.25, 0.3) is 0 Å². The average molecular weight is 158 g/mol. The van der Waals surface area contributed by atoms with Gasteiger partial charge in [0.15, 0.2) is 0 Å². The van der Waals surface area contributed by atoms with Crippen LogP contribution in [0.15, 0.2) is 12.3 Å². The molecular formula is C10H10N2. The maximum Gasteiger partial charge on any atom is 0.130 e. The highest BCUT2D eigenvalue weighted by molar-refractivity contribution is 5.54. The summed E-state index contributed by atoms with van der Waals surface area (Å²) in [7, 11) is 0. The first kappa shape index (κ1) is 7.17. The van der Waals surface area contributed by atoms with Crippen LogP contribution in [0.5, 0.6) is 0 Å². The Balaban J connectivity index is 2.53. The van der Waals surface area contributed by atoms with E-state index in [9.17, 15) is 0 Å². The van der Waals surface area contributed by atoms with E-state index in [1.165, 1.54) is 5.56 Å². The second kappa shape index (κ2) is 2.86. The molecule has 2 heteroatoms. The van der Waals surface area contributed by atoms with E-state index < -0.39 is 0 Å². The van der Waals surface area contributed by atoms with E-state index in [4.69, 9.17) is 6.42 Å². The molecule has 0 unspecified atom stereocenters. The average Bonchev–Trinajstić information content (AvgIpc) is 2.17. The third-order valence-electron chi connectivity index (χ3n) is 2.11. The monoisotopic (exact) mass is 158 g/mol. The van der Waals surface area contributed by atoms with Crippen LogP contribution in [0, 0.1) is 12.3 Å². The molecule has 0 spiro atoms. The summed E-state index contributed by atoms with van der Waals surface area (Å²) in [5.41, 5.74) is 2.18. The summed E-state index contributed by atoms with van der Waals surface area (Å²) < 4.78 is 0. The minimum Gasteiger partial charge on any atom is -0.370 e. The topological polar surface area (TPSA) is 24.9 Å². The summed E-state index contributed by atoms with van der Waals surface area (Å²) in [4.78, 5) is 4.22. The minimum atomic E-state index is 0.969. The van der Waals surface area contributed by atoms with Gasteiger partial charge in [0.25, 0.3) is 0 Å². The van der Waals surface area contributed by atoms with Crippen molar-refractivity contribution < 1.29 is 0 Å². The summed E-state index contributed by atoms with van der Waals surface area (Å²) in [5.74, 6) is 3.64. The second-order valence-electron chi connectivity index (χ2n) is 2.86. The van der Waals surface area contributed by atoms with Gasteiger partial charge < -0.3 is 5.32 Å². The molecule has 60 valence electrons. The van der Waals surface area contributed by atoms with Crippen molar-refractivity contribution in [1.29, 1.82) is 0 Å². The Morgan fingerprint density at radius 1 is 1.58 bits per heavy atom. The molecule has 0 saturated heterocycles. The van der Waals surface area contributed by atoms with E-state index in [2.05, 4.69) is 16.2 Å². The number of nitrogens with one attached hydrogen (secondary N) is 1. The highest BCUT2D eigenvalue weighted by atomic mass is 15.0. The van der Waals surface area contributed by atoms with Crippen molar-refractivity contribution in [2.24, 2.45) is 0 Å². The maximum atomic E-state index is 5.37. The molecule has 12 heavy (non-hydrogen) atoms. The molecule has 1 aliphatic rings. The number of terminal acetylenes is 1. The van der Waals surface area contributed by atoms with Crippen molar-refractivity contribution in [3.05, 3.63) is 23.4 Å². The first-order chi connectivity index (χ1) is 5.92. The lowest BCUT2D eigenvalue weighted by atomic mass is 10.0. The molecule has 0 bridgehead atoms. The predicted molar refractivity (Wildman–Crippen MR) is 49.0 cm³/mol. The zero-order chi connectivity index (χ0) is 8.39. The van der Waals surface area contributed by atoms with Gasteiger partial charge in [0.1, 0.15) is 5.82 Å². The second-order valence-corrected chi connectivity index (χ2v) is 2.86. The Morgan fingerprint density at radius 3 is 3.33 bits per heavy atom. The Bertz CT molecular complexity index is 336. The number of rotatable bonds is 0. The van der Waals surface area contributed by atoms with E-state index in [1.54, 1.807) is 6.20 Å². The number of pyridine rings is 1. The van der Waals surface area contributed by atoms with E-state index in [0.717, 1.165) is 30.8 Å². The summed E-state index contributed by atoms with van der Waals surface area (Å²) >= 11 is 0. The lowest BCUT2D eigenvalue weighted by Gasteiger charge is -2.17. The summed E-state index contributed by atoms with van der Waals surface area (Å²) in [5, 5.41) is 3.23. The van der Waals surface area contributed by atoms with E-state index in [0.29, 0.717) is 0 Å². The summed E-state index contributed by atoms with van der Waals surface area (Å²) in [6, 6.07) is 1.89. The molecule has 1 aliphatic heterocycles. The summed E-state index contributed by atoms with van der Waals surface area (Å²) in [6.45, 7) is 1.01. The molecule has 0 aromatic carbocycles. The fraction of sp³-hybridized carbons (Fsp3) is 0.300. The quantitative estimate of drug-likeness (QED) is 0.577. The van der Waals surface area contributed by atoms with Crippen LogP contribution in [0.2, 0.25) is 0 Å². The molecule has 0 aliphatic carbocycles. The smallest absolute Gasteiger partial charge is 0.130 e.